The van der Waals surface area contributed by atoms with Gasteiger partial charge in [-0.05, 0) is 75.4 Å². The van der Waals surface area contributed by atoms with Gasteiger partial charge in [0, 0.05) is 27.1 Å². The number of hydrogen-bond acceptors (Lipinski definition) is 3. The van der Waals surface area contributed by atoms with Gasteiger partial charge < -0.3 is 0 Å². The standard InChI is InChI=1S/C57H45N5Si/c1-5-21-40(22-6-1)41-37-42(39-46(38-41)63(43-23-7-2-8-24-43,44-25-9-3-10-26-44)45-27-11-4-12-28-45)55-58-56(61-51-33-17-13-29-47(51)48-30-14-18-34-52(48)61)60-57(59-55)62-53-35-19-15-31-49(53)50-32-16-20-36-54(50)62/h2-4,7-20,23-40H,1,5-6,21-22H2/i2D,7D,8D,23D,24D,37D,38D,39D. The highest BCUT2D eigenvalue weighted by atomic mass is 28.3. The minimum absolute atomic E-state index is 0.0267. The third-order valence-corrected chi connectivity index (χ3v) is 17.2. The van der Waals surface area contributed by atoms with Crippen LogP contribution in [0.1, 0.15) is 54.6 Å². The van der Waals surface area contributed by atoms with E-state index in [1.54, 1.807) is 0 Å². The van der Waals surface area contributed by atoms with Crippen molar-refractivity contribution in [2.45, 2.75) is 38.0 Å². The molecule has 0 saturated heterocycles. The molecule has 0 unspecified atom stereocenters. The Hall–Kier alpha value is -7.41. The Labute approximate surface area is 379 Å². The van der Waals surface area contributed by atoms with E-state index in [-0.39, 0.29) is 57.7 Å². The first kappa shape index (κ1) is 29.8. The normalized spacial score (nSPS) is 15.4. The van der Waals surface area contributed by atoms with Crippen molar-refractivity contribution in [2.75, 3.05) is 0 Å². The zero-order valence-electron chi connectivity index (χ0n) is 42.4. The van der Waals surface area contributed by atoms with Gasteiger partial charge in [0.15, 0.2) is 13.9 Å². The number of nitrogens with zero attached hydrogens (tertiary/aromatic N) is 5. The van der Waals surface area contributed by atoms with Crippen LogP contribution in [0.4, 0.5) is 0 Å². The molecule has 0 spiro atoms. The molecule has 63 heavy (non-hydrogen) atoms. The molecule has 0 bridgehead atoms. The Balaban J connectivity index is 1.28. The molecule has 0 atom stereocenters. The zero-order chi connectivity index (χ0) is 48.7. The molecular weight excluding hydrogens is 783 g/mol. The maximum atomic E-state index is 10.8. The van der Waals surface area contributed by atoms with E-state index in [2.05, 4.69) is 24.3 Å². The van der Waals surface area contributed by atoms with E-state index in [0.29, 0.717) is 28.8 Å². The van der Waals surface area contributed by atoms with Gasteiger partial charge in [0.1, 0.15) is 0 Å². The molecule has 0 aliphatic heterocycles. The van der Waals surface area contributed by atoms with Gasteiger partial charge in [-0.2, -0.15) is 15.0 Å². The molecule has 302 valence electrons. The topological polar surface area (TPSA) is 48.5 Å². The lowest BCUT2D eigenvalue weighted by atomic mass is 9.83. The second-order valence-corrected chi connectivity index (χ2v) is 20.0. The molecule has 12 rings (SSSR count). The van der Waals surface area contributed by atoms with E-state index < -0.39 is 38.3 Å². The highest BCUT2D eigenvalue weighted by Crippen LogP contribution is 2.37. The van der Waals surface area contributed by atoms with E-state index >= 15 is 0 Å². The molecule has 1 saturated carbocycles. The Morgan fingerprint density at radius 3 is 1.35 bits per heavy atom. The molecule has 11 aromatic rings. The molecular formula is C57H45N5Si. The molecule has 1 fully saturated rings. The number of fused-ring (bicyclic) bond motifs is 6. The van der Waals surface area contributed by atoms with Crippen molar-refractivity contribution in [3.05, 3.63) is 212 Å². The summed E-state index contributed by atoms with van der Waals surface area (Å²) in [5.41, 5.74) is 3.92. The maximum absolute atomic E-state index is 10.8. The summed E-state index contributed by atoms with van der Waals surface area (Å²) in [6.45, 7) is 0. The van der Waals surface area contributed by atoms with Crippen LogP contribution in [0, 0.1) is 0 Å². The fourth-order valence-corrected chi connectivity index (χ4v) is 14.3. The average Bonchev–Trinajstić information content (AvgIpc) is 3.93. The third kappa shape index (κ3) is 6.16. The average molecular weight is 836 g/mol. The smallest absolute Gasteiger partial charge is 0.240 e. The summed E-state index contributed by atoms with van der Waals surface area (Å²) >= 11 is 0. The van der Waals surface area contributed by atoms with Gasteiger partial charge in [0.2, 0.25) is 11.9 Å². The predicted molar refractivity (Wildman–Crippen MR) is 263 cm³/mol. The Kier molecular flexibility index (Phi) is 7.32. The predicted octanol–water partition coefficient (Wildman–Crippen LogP) is 11.2. The minimum atomic E-state index is -4.36. The summed E-state index contributed by atoms with van der Waals surface area (Å²) in [6.07, 6.45) is 4.22. The number of aromatic nitrogens is 5. The van der Waals surface area contributed by atoms with Crippen LogP contribution in [0.5, 0.6) is 0 Å². The van der Waals surface area contributed by atoms with Crippen LogP contribution in [-0.2, 0) is 0 Å². The highest BCUT2D eigenvalue weighted by Gasteiger charge is 2.42. The maximum Gasteiger partial charge on any atom is 0.240 e. The van der Waals surface area contributed by atoms with Crippen molar-refractivity contribution in [1.82, 2.24) is 24.1 Å². The molecule has 5 nitrogen and oxygen atoms in total. The summed E-state index contributed by atoms with van der Waals surface area (Å²) in [5.74, 6) is 0.334. The second kappa shape index (κ2) is 15.5. The van der Waals surface area contributed by atoms with Gasteiger partial charge in [-0.25, -0.2) is 0 Å². The largest absolute Gasteiger partial charge is 0.278 e. The van der Waals surface area contributed by atoms with Crippen LogP contribution in [0.3, 0.4) is 0 Å². The quantitative estimate of drug-likeness (QED) is 0.113. The Morgan fingerprint density at radius 1 is 0.429 bits per heavy atom. The summed E-state index contributed by atoms with van der Waals surface area (Å²) < 4.78 is 82.2. The third-order valence-electron chi connectivity index (χ3n) is 12.8. The number of para-hydroxylation sites is 4. The van der Waals surface area contributed by atoms with Gasteiger partial charge in [-0.1, -0.05) is 195 Å². The first-order valence-corrected chi connectivity index (χ1v) is 23.7. The zero-order valence-corrected chi connectivity index (χ0v) is 35.4. The molecule has 8 aromatic carbocycles. The van der Waals surface area contributed by atoms with Crippen LogP contribution in [0.2, 0.25) is 0 Å². The lowest BCUT2D eigenvalue weighted by molar-refractivity contribution is 0.444. The number of hydrogen-bond donors (Lipinski definition) is 0. The summed E-state index contributed by atoms with van der Waals surface area (Å²) in [6, 6.07) is 48.4. The van der Waals surface area contributed by atoms with Gasteiger partial charge in [-0.3, -0.25) is 9.13 Å². The van der Waals surface area contributed by atoms with E-state index in [1.807, 2.05) is 143 Å². The van der Waals surface area contributed by atoms with Gasteiger partial charge in [0.25, 0.3) is 0 Å². The van der Waals surface area contributed by atoms with Crippen molar-refractivity contribution in [2.24, 2.45) is 0 Å². The van der Waals surface area contributed by atoms with Gasteiger partial charge >= 0.3 is 0 Å². The lowest BCUT2D eigenvalue weighted by Crippen LogP contribution is -2.74. The van der Waals surface area contributed by atoms with Crippen LogP contribution in [0.25, 0.3) is 66.9 Å². The van der Waals surface area contributed by atoms with E-state index in [4.69, 9.17) is 19.1 Å². The molecule has 3 heterocycles. The van der Waals surface area contributed by atoms with Gasteiger partial charge in [-0.15, -0.1) is 0 Å². The van der Waals surface area contributed by atoms with E-state index in [9.17, 15) is 6.85 Å². The monoisotopic (exact) mass is 835 g/mol. The summed E-state index contributed by atoms with van der Waals surface area (Å²) in [4.78, 5) is 16.0. The molecule has 6 heteroatoms. The van der Waals surface area contributed by atoms with E-state index in [0.717, 1.165) is 62.9 Å². The molecule has 0 N–H and O–H groups in total. The SMILES string of the molecule is [2H]c1c([2H])c([2H])c([Si](c2ccccc2)(c2ccccc2)c2c([2H])c(-c3nc(-n4c5ccccc5c5ccccc54)nc(-n4c5ccccc5c5ccccc54)n3)c([2H])c(C3CCCCC3)c2[2H])c([2H])c1[2H]. The van der Waals surface area contributed by atoms with Crippen molar-refractivity contribution in [3.63, 3.8) is 0 Å². The van der Waals surface area contributed by atoms with Crippen LogP contribution < -0.4 is 20.7 Å². The fourth-order valence-electron chi connectivity index (χ4n) is 10.0. The van der Waals surface area contributed by atoms with Crippen molar-refractivity contribution in [1.29, 1.82) is 0 Å². The van der Waals surface area contributed by atoms with Crippen LogP contribution in [-0.4, -0.2) is 32.2 Å². The lowest BCUT2D eigenvalue weighted by Gasteiger charge is -2.35. The van der Waals surface area contributed by atoms with Crippen molar-refractivity contribution >= 4 is 72.4 Å². The van der Waals surface area contributed by atoms with Crippen molar-refractivity contribution < 1.29 is 11.0 Å². The summed E-state index contributed by atoms with van der Waals surface area (Å²) in [5, 5.41) is 5.46. The summed E-state index contributed by atoms with van der Waals surface area (Å²) in [7, 11) is -4.36. The van der Waals surface area contributed by atoms with Crippen LogP contribution in [0.15, 0.2) is 206 Å². The Bertz CT molecular complexity index is 3620. The van der Waals surface area contributed by atoms with E-state index in [1.165, 1.54) is 0 Å². The molecule has 1 aliphatic rings. The molecule has 0 amide bonds. The second-order valence-electron chi connectivity index (χ2n) is 16.4. The molecule has 0 radical (unpaired) electrons. The first-order chi connectivity index (χ1) is 34.6. The highest BCUT2D eigenvalue weighted by molar-refractivity contribution is 7.19. The minimum Gasteiger partial charge on any atom is -0.278 e. The fraction of sp³-hybridized carbons (Fsp3) is 0.105. The van der Waals surface area contributed by atoms with Gasteiger partial charge in [0.05, 0.1) is 33.0 Å². The number of rotatable bonds is 8. The van der Waals surface area contributed by atoms with Crippen molar-refractivity contribution in [3.8, 4) is 23.3 Å². The molecule has 3 aromatic heterocycles. The number of benzene rings is 8. The molecule has 1 aliphatic carbocycles. The first-order valence-electron chi connectivity index (χ1n) is 25.7. The van der Waals surface area contributed by atoms with Crippen LogP contribution >= 0.6 is 0 Å². The Morgan fingerprint density at radius 2 is 0.873 bits per heavy atom.